The van der Waals surface area contributed by atoms with Gasteiger partial charge in [0.25, 0.3) is 0 Å². The second kappa shape index (κ2) is 19.7. The van der Waals surface area contributed by atoms with Crippen LogP contribution in [0.15, 0.2) is 25.3 Å². The highest BCUT2D eigenvalue weighted by Crippen LogP contribution is 2.10. The lowest BCUT2D eigenvalue weighted by Crippen LogP contribution is -2.58. The topological polar surface area (TPSA) is 127 Å². The molecule has 0 aliphatic carbocycles. The first-order valence-electron chi connectivity index (χ1n) is 10.4. The van der Waals surface area contributed by atoms with E-state index in [0.717, 1.165) is 13.0 Å². The van der Waals surface area contributed by atoms with Gasteiger partial charge in [-0.25, -0.2) is 0 Å². The standard InChI is InChI=1S/C21H38N4O6/c1-4-19(27)24-11-8-14-31-17-21(25-20(28)5-2,15-29-12-6-9-22-3)16-30-13-7-10-23-18-26/h4-5,18,22H,1-2,6-17H2,3H3,(H,23,26)(H,24,27)(H,25,28). The Bertz CT molecular complexity index is 532. The summed E-state index contributed by atoms with van der Waals surface area (Å²) in [5.74, 6) is -0.591. The van der Waals surface area contributed by atoms with Crippen molar-refractivity contribution in [3.05, 3.63) is 25.3 Å². The van der Waals surface area contributed by atoms with Crippen molar-refractivity contribution < 1.29 is 28.6 Å². The highest BCUT2D eigenvalue weighted by atomic mass is 16.5. The molecule has 10 heteroatoms. The SMILES string of the molecule is C=CC(=O)NCCCOCC(COCCCNC)(COCCCNC=O)NC(=O)C=C. The molecule has 0 aliphatic rings. The van der Waals surface area contributed by atoms with Gasteiger partial charge in [0.05, 0.1) is 19.8 Å². The molecule has 0 saturated carbocycles. The van der Waals surface area contributed by atoms with Gasteiger partial charge in [-0.2, -0.15) is 0 Å². The van der Waals surface area contributed by atoms with Gasteiger partial charge in [0.15, 0.2) is 0 Å². The molecule has 1 atom stereocenters. The van der Waals surface area contributed by atoms with E-state index in [1.165, 1.54) is 12.2 Å². The number of amides is 3. The van der Waals surface area contributed by atoms with Crippen molar-refractivity contribution in [3.63, 3.8) is 0 Å². The fraction of sp³-hybridized carbons (Fsp3) is 0.667. The van der Waals surface area contributed by atoms with Crippen molar-refractivity contribution >= 4 is 18.2 Å². The average molecular weight is 443 g/mol. The molecule has 0 aromatic heterocycles. The molecule has 31 heavy (non-hydrogen) atoms. The molecule has 0 heterocycles. The first kappa shape index (κ1) is 28.7. The van der Waals surface area contributed by atoms with Crippen molar-refractivity contribution in [2.75, 3.05) is 66.3 Å². The monoisotopic (exact) mass is 442 g/mol. The molecule has 0 aliphatic heterocycles. The molecule has 0 bridgehead atoms. The molecule has 0 radical (unpaired) electrons. The number of rotatable bonds is 22. The number of nitrogens with one attached hydrogen (secondary N) is 4. The lowest BCUT2D eigenvalue weighted by molar-refractivity contribution is -0.123. The van der Waals surface area contributed by atoms with Crippen molar-refractivity contribution in [1.29, 1.82) is 0 Å². The van der Waals surface area contributed by atoms with Crippen LogP contribution in [0.5, 0.6) is 0 Å². The third-order valence-corrected chi connectivity index (χ3v) is 4.07. The normalized spacial score (nSPS) is 12.4. The Morgan fingerprint density at radius 3 is 1.84 bits per heavy atom. The molecule has 0 spiro atoms. The van der Waals surface area contributed by atoms with Gasteiger partial charge >= 0.3 is 0 Å². The highest BCUT2D eigenvalue weighted by molar-refractivity contribution is 5.87. The fourth-order valence-electron chi connectivity index (χ4n) is 2.49. The molecule has 0 fully saturated rings. The predicted molar refractivity (Wildman–Crippen MR) is 119 cm³/mol. The molecule has 178 valence electrons. The van der Waals surface area contributed by atoms with E-state index < -0.39 is 5.54 Å². The number of hydrogen-bond acceptors (Lipinski definition) is 7. The summed E-state index contributed by atoms with van der Waals surface area (Å²) >= 11 is 0. The van der Waals surface area contributed by atoms with E-state index in [2.05, 4.69) is 34.4 Å². The molecule has 0 rings (SSSR count). The summed E-state index contributed by atoms with van der Waals surface area (Å²) < 4.78 is 17.3. The van der Waals surface area contributed by atoms with Gasteiger partial charge in [0.1, 0.15) is 5.54 Å². The number of ether oxygens (including phenoxy) is 3. The van der Waals surface area contributed by atoms with Crippen molar-refractivity contribution in [3.8, 4) is 0 Å². The number of carbonyl (C=O) groups excluding carboxylic acids is 3. The Kier molecular flexibility index (Phi) is 18.2. The molecular weight excluding hydrogens is 404 g/mol. The Hall–Kier alpha value is -2.27. The van der Waals surface area contributed by atoms with E-state index in [1.54, 1.807) is 0 Å². The minimum Gasteiger partial charge on any atom is -0.379 e. The molecule has 0 saturated heterocycles. The lowest BCUT2D eigenvalue weighted by atomic mass is 10.0. The Balaban J connectivity index is 4.80. The van der Waals surface area contributed by atoms with Crippen LogP contribution < -0.4 is 21.3 Å². The van der Waals surface area contributed by atoms with Crippen molar-refractivity contribution in [2.45, 2.75) is 24.8 Å². The molecule has 0 aromatic rings. The largest absolute Gasteiger partial charge is 0.379 e. The fourth-order valence-corrected chi connectivity index (χ4v) is 2.49. The van der Waals surface area contributed by atoms with Crippen LogP contribution in [0.4, 0.5) is 0 Å². The summed E-state index contributed by atoms with van der Waals surface area (Å²) in [4.78, 5) is 33.6. The maximum atomic E-state index is 12.1. The summed E-state index contributed by atoms with van der Waals surface area (Å²) in [5.41, 5.74) is -0.895. The second-order valence-electron chi connectivity index (χ2n) is 6.86. The van der Waals surface area contributed by atoms with Crippen LogP contribution in [0.3, 0.4) is 0 Å². The van der Waals surface area contributed by atoms with Gasteiger partial charge in [-0.05, 0) is 45.0 Å². The summed E-state index contributed by atoms with van der Waals surface area (Å²) in [5, 5.41) is 11.2. The van der Waals surface area contributed by atoms with Crippen LogP contribution in [0.2, 0.25) is 0 Å². The summed E-state index contributed by atoms with van der Waals surface area (Å²) in [6.45, 7) is 10.5. The number of carbonyl (C=O) groups is 3. The molecule has 1 unspecified atom stereocenters. The zero-order valence-electron chi connectivity index (χ0n) is 18.6. The van der Waals surface area contributed by atoms with Crippen LogP contribution in [0, 0.1) is 0 Å². The highest BCUT2D eigenvalue weighted by Gasteiger charge is 2.33. The van der Waals surface area contributed by atoms with Gasteiger partial charge in [-0.3, -0.25) is 14.4 Å². The van der Waals surface area contributed by atoms with Crippen molar-refractivity contribution in [1.82, 2.24) is 21.3 Å². The minimum absolute atomic E-state index is 0.167. The Morgan fingerprint density at radius 1 is 0.839 bits per heavy atom. The number of hydrogen-bond donors (Lipinski definition) is 4. The smallest absolute Gasteiger partial charge is 0.244 e. The van der Waals surface area contributed by atoms with Crippen LogP contribution >= 0.6 is 0 Å². The van der Waals surface area contributed by atoms with Crippen molar-refractivity contribution in [2.24, 2.45) is 0 Å². The van der Waals surface area contributed by atoms with Crippen LogP contribution in [-0.4, -0.2) is 90.1 Å². The van der Waals surface area contributed by atoms with Gasteiger partial charge in [-0.1, -0.05) is 13.2 Å². The summed E-state index contributed by atoms with van der Waals surface area (Å²) in [6.07, 6.45) is 5.10. The molecule has 4 N–H and O–H groups in total. The van der Waals surface area contributed by atoms with Gasteiger partial charge in [-0.15, -0.1) is 0 Å². The molecule has 10 nitrogen and oxygen atoms in total. The van der Waals surface area contributed by atoms with Gasteiger partial charge in [0.2, 0.25) is 18.2 Å². The van der Waals surface area contributed by atoms with E-state index in [4.69, 9.17) is 14.2 Å². The Morgan fingerprint density at radius 2 is 1.35 bits per heavy atom. The minimum atomic E-state index is -0.895. The zero-order valence-corrected chi connectivity index (χ0v) is 18.6. The van der Waals surface area contributed by atoms with Crippen LogP contribution in [0.1, 0.15) is 19.3 Å². The maximum Gasteiger partial charge on any atom is 0.244 e. The average Bonchev–Trinajstić information content (AvgIpc) is 2.77. The third kappa shape index (κ3) is 16.1. The third-order valence-electron chi connectivity index (χ3n) is 4.07. The first-order chi connectivity index (χ1) is 15.0. The van der Waals surface area contributed by atoms with Gasteiger partial charge < -0.3 is 35.5 Å². The van der Waals surface area contributed by atoms with E-state index in [-0.39, 0.29) is 31.6 Å². The van der Waals surface area contributed by atoms with Crippen LogP contribution in [-0.2, 0) is 28.6 Å². The van der Waals surface area contributed by atoms with E-state index in [0.29, 0.717) is 52.2 Å². The van der Waals surface area contributed by atoms with E-state index in [9.17, 15) is 14.4 Å². The van der Waals surface area contributed by atoms with Gasteiger partial charge in [0, 0.05) is 32.9 Å². The predicted octanol–water partition coefficient (Wildman–Crippen LogP) is -0.485. The molecule has 0 aromatic carbocycles. The summed E-state index contributed by atoms with van der Waals surface area (Å²) in [7, 11) is 1.87. The lowest BCUT2D eigenvalue weighted by Gasteiger charge is -2.34. The van der Waals surface area contributed by atoms with Crippen LogP contribution in [0.25, 0.3) is 0 Å². The quantitative estimate of drug-likeness (QED) is 0.101. The molecule has 3 amide bonds. The first-order valence-corrected chi connectivity index (χ1v) is 10.4. The van der Waals surface area contributed by atoms with E-state index >= 15 is 0 Å². The summed E-state index contributed by atoms with van der Waals surface area (Å²) in [6, 6.07) is 0. The Labute approximate surface area is 185 Å². The zero-order chi connectivity index (χ0) is 23.2. The maximum absolute atomic E-state index is 12.1. The molecular formula is C21H38N4O6. The second-order valence-corrected chi connectivity index (χ2v) is 6.86. The van der Waals surface area contributed by atoms with E-state index in [1.807, 2.05) is 7.05 Å².